The second-order valence-corrected chi connectivity index (χ2v) is 4.00. The zero-order valence-electron chi connectivity index (χ0n) is 7.04. The molecular formula is C7H11BN2OS. The predicted molar refractivity (Wildman–Crippen MR) is 54.0 cm³/mol. The summed E-state index contributed by atoms with van der Waals surface area (Å²) in [6.45, 7) is 0.806. The highest BCUT2D eigenvalue weighted by Crippen LogP contribution is 2.18. The van der Waals surface area contributed by atoms with Crippen LogP contribution < -0.4 is 5.32 Å². The summed E-state index contributed by atoms with van der Waals surface area (Å²) in [5, 5.41) is 3.18. The topological polar surface area (TPSA) is 33.6 Å². The average molecular weight is 182 g/mol. The third-order valence-electron chi connectivity index (χ3n) is 1.85. The van der Waals surface area contributed by atoms with E-state index in [1.807, 2.05) is 25.8 Å². The average Bonchev–Trinajstić information content (AvgIpc) is 2.21. The van der Waals surface area contributed by atoms with E-state index in [2.05, 4.69) is 10.3 Å². The van der Waals surface area contributed by atoms with Crippen molar-refractivity contribution in [2.75, 3.05) is 12.4 Å². The largest absolute Gasteiger partial charge is 0.491 e. The van der Waals surface area contributed by atoms with Crippen molar-refractivity contribution in [3.05, 3.63) is 12.0 Å². The van der Waals surface area contributed by atoms with Gasteiger partial charge in [-0.15, -0.1) is 11.8 Å². The van der Waals surface area contributed by atoms with E-state index < -0.39 is 0 Å². The molecule has 3 heterocycles. The molecule has 3 aliphatic rings. The molecule has 3 aliphatic heterocycles. The standard InChI is InChI=1S/C7H11BN2OS/c8-6-5-4-9-7(10-6)12-3-1-2-11-5/h4,7,9H,1-3,8H2. The van der Waals surface area contributed by atoms with Crippen molar-refractivity contribution < 1.29 is 4.74 Å². The Morgan fingerprint density at radius 1 is 1.75 bits per heavy atom. The van der Waals surface area contributed by atoms with Gasteiger partial charge in [-0.1, -0.05) is 0 Å². The van der Waals surface area contributed by atoms with Crippen LogP contribution in [0.25, 0.3) is 0 Å². The third kappa shape index (κ3) is 1.60. The van der Waals surface area contributed by atoms with Crippen LogP contribution >= 0.6 is 11.8 Å². The molecule has 1 N–H and O–H groups in total. The molecule has 0 amide bonds. The van der Waals surface area contributed by atoms with Crippen molar-refractivity contribution in [1.82, 2.24) is 5.32 Å². The molecule has 3 rings (SSSR count). The number of fused-ring (bicyclic) bond motifs is 5. The van der Waals surface area contributed by atoms with Crippen molar-refractivity contribution in [3.63, 3.8) is 0 Å². The van der Waals surface area contributed by atoms with Crippen LogP contribution in [0.4, 0.5) is 0 Å². The van der Waals surface area contributed by atoms with Crippen LogP contribution in [0.5, 0.6) is 0 Å². The first-order valence-corrected chi connectivity index (χ1v) is 5.16. The second-order valence-electron chi connectivity index (χ2n) is 2.81. The fraction of sp³-hybridized carbons (Fsp3) is 0.571. The van der Waals surface area contributed by atoms with Crippen LogP contribution in [-0.2, 0) is 4.74 Å². The van der Waals surface area contributed by atoms with E-state index in [0.717, 1.165) is 30.2 Å². The van der Waals surface area contributed by atoms with Gasteiger partial charge in [0.2, 0.25) is 0 Å². The lowest BCUT2D eigenvalue weighted by molar-refractivity contribution is 0.231. The highest BCUT2D eigenvalue weighted by atomic mass is 32.2. The van der Waals surface area contributed by atoms with Gasteiger partial charge < -0.3 is 10.1 Å². The van der Waals surface area contributed by atoms with Crippen molar-refractivity contribution >= 4 is 25.2 Å². The van der Waals surface area contributed by atoms with Crippen molar-refractivity contribution in [1.29, 1.82) is 0 Å². The molecule has 0 aromatic carbocycles. The van der Waals surface area contributed by atoms with Crippen LogP contribution in [0.3, 0.4) is 0 Å². The van der Waals surface area contributed by atoms with Crippen molar-refractivity contribution in [2.24, 2.45) is 4.99 Å². The molecule has 5 heteroatoms. The van der Waals surface area contributed by atoms with Gasteiger partial charge in [0.1, 0.15) is 5.76 Å². The monoisotopic (exact) mass is 182 g/mol. The number of thioether (sulfide) groups is 1. The first-order chi connectivity index (χ1) is 5.86. The molecule has 0 saturated heterocycles. The first kappa shape index (κ1) is 8.04. The molecule has 1 atom stereocenters. The summed E-state index contributed by atoms with van der Waals surface area (Å²) in [7, 11) is 1.99. The van der Waals surface area contributed by atoms with E-state index in [9.17, 15) is 0 Å². The maximum Gasteiger partial charge on any atom is 0.168 e. The zero-order valence-corrected chi connectivity index (χ0v) is 7.86. The molecule has 2 bridgehead atoms. The SMILES string of the molecule is BC1=NC2NC=C1OCCCS2. The van der Waals surface area contributed by atoms with Crippen LogP contribution in [0, 0.1) is 0 Å². The maximum absolute atomic E-state index is 5.52. The quantitative estimate of drug-likeness (QED) is 0.531. The molecule has 0 saturated carbocycles. The van der Waals surface area contributed by atoms with Crippen molar-refractivity contribution in [2.45, 2.75) is 11.9 Å². The molecule has 64 valence electrons. The van der Waals surface area contributed by atoms with Crippen LogP contribution in [0.15, 0.2) is 17.0 Å². The van der Waals surface area contributed by atoms with Gasteiger partial charge in [0.25, 0.3) is 0 Å². The highest BCUT2D eigenvalue weighted by molar-refractivity contribution is 7.99. The minimum absolute atomic E-state index is 0.204. The number of hydrogen-bond donors (Lipinski definition) is 1. The molecule has 0 spiro atoms. The fourth-order valence-corrected chi connectivity index (χ4v) is 2.10. The Balaban J connectivity index is 2.18. The Hall–Kier alpha value is -0.575. The summed E-state index contributed by atoms with van der Waals surface area (Å²) >= 11 is 1.83. The summed E-state index contributed by atoms with van der Waals surface area (Å²) in [6, 6.07) is 0. The number of rotatable bonds is 0. The molecule has 1 unspecified atom stereocenters. The smallest absolute Gasteiger partial charge is 0.168 e. The van der Waals surface area contributed by atoms with Crippen molar-refractivity contribution in [3.8, 4) is 0 Å². The molecule has 3 nitrogen and oxygen atoms in total. The fourth-order valence-electron chi connectivity index (χ4n) is 1.20. The highest BCUT2D eigenvalue weighted by Gasteiger charge is 2.16. The molecular weight excluding hydrogens is 171 g/mol. The summed E-state index contributed by atoms with van der Waals surface area (Å²) in [5.74, 6) is 2.00. The van der Waals surface area contributed by atoms with Gasteiger partial charge in [-0.05, 0) is 6.42 Å². The number of allylic oxidation sites excluding steroid dienone is 1. The second kappa shape index (κ2) is 3.43. The van der Waals surface area contributed by atoms with Gasteiger partial charge >= 0.3 is 0 Å². The lowest BCUT2D eigenvalue weighted by atomic mass is 9.99. The van der Waals surface area contributed by atoms with Gasteiger partial charge in [-0.3, -0.25) is 4.99 Å². The van der Waals surface area contributed by atoms with E-state index in [1.165, 1.54) is 0 Å². The third-order valence-corrected chi connectivity index (χ3v) is 2.93. The molecule has 0 aromatic rings. The van der Waals surface area contributed by atoms with E-state index >= 15 is 0 Å². The normalized spacial score (nSPS) is 28.5. The molecule has 0 radical (unpaired) electrons. The van der Waals surface area contributed by atoms with E-state index in [4.69, 9.17) is 4.74 Å². The van der Waals surface area contributed by atoms with E-state index in [1.54, 1.807) is 0 Å². The summed E-state index contributed by atoms with van der Waals surface area (Å²) in [4.78, 5) is 4.44. The van der Waals surface area contributed by atoms with Crippen LogP contribution in [0.1, 0.15) is 6.42 Å². The van der Waals surface area contributed by atoms with Gasteiger partial charge in [-0.25, -0.2) is 0 Å². The van der Waals surface area contributed by atoms with Gasteiger partial charge in [-0.2, -0.15) is 0 Å². The first-order valence-electron chi connectivity index (χ1n) is 4.12. The number of aliphatic imine (C=N–C) groups is 1. The molecule has 12 heavy (non-hydrogen) atoms. The van der Waals surface area contributed by atoms with E-state index in [0.29, 0.717) is 0 Å². The molecule has 0 aromatic heterocycles. The predicted octanol–water partition coefficient (Wildman–Crippen LogP) is -0.100. The number of ether oxygens (including phenoxy) is 1. The van der Waals surface area contributed by atoms with Crippen LogP contribution in [0.2, 0.25) is 0 Å². The number of nitrogens with one attached hydrogen (secondary N) is 1. The van der Waals surface area contributed by atoms with Gasteiger partial charge in [0.15, 0.2) is 13.3 Å². The summed E-state index contributed by atoms with van der Waals surface area (Å²) in [5.41, 5.74) is 1.21. The Morgan fingerprint density at radius 2 is 2.67 bits per heavy atom. The lowest BCUT2D eigenvalue weighted by Gasteiger charge is -2.18. The summed E-state index contributed by atoms with van der Waals surface area (Å²) < 4.78 is 5.52. The maximum atomic E-state index is 5.52. The Kier molecular flexibility index (Phi) is 2.30. The Bertz CT molecular complexity index is 242. The number of hydrogen-bond acceptors (Lipinski definition) is 4. The minimum atomic E-state index is 0.204. The van der Waals surface area contributed by atoms with Gasteiger partial charge in [0, 0.05) is 17.6 Å². The summed E-state index contributed by atoms with van der Waals surface area (Å²) in [6.07, 6.45) is 3.02. The van der Waals surface area contributed by atoms with Gasteiger partial charge in [0.05, 0.1) is 6.61 Å². The minimum Gasteiger partial charge on any atom is -0.491 e. The van der Waals surface area contributed by atoms with Crippen LogP contribution in [-0.4, -0.2) is 31.3 Å². The Morgan fingerprint density at radius 3 is 3.50 bits per heavy atom. The zero-order chi connectivity index (χ0) is 8.39. The number of nitrogens with zero attached hydrogens (tertiary/aromatic N) is 1. The molecule has 0 aliphatic carbocycles. The Labute approximate surface area is 77.1 Å². The lowest BCUT2D eigenvalue weighted by Crippen LogP contribution is -2.27. The molecule has 0 fully saturated rings. The van der Waals surface area contributed by atoms with E-state index in [-0.39, 0.29) is 5.50 Å².